The maximum absolute atomic E-state index is 5.48. The van der Waals surface area contributed by atoms with Gasteiger partial charge in [0.2, 0.25) is 0 Å². The van der Waals surface area contributed by atoms with Crippen molar-refractivity contribution in [1.82, 2.24) is 10.6 Å². The van der Waals surface area contributed by atoms with Crippen LogP contribution in [-0.4, -0.2) is 19.7 Å². The molecular formula is C22H28N2O. The van der Waals surface area contributed by atoms with Crippen molar-refractivity contribution in [2.24, 2.45) is 5.92 Å². The summed E-state index contributed by atoms with van der Waals surface area (Å²) in [7, 11) is 1.75. The molecule has 1 saturated heterocycles. The Morgan fingerprint density at radius 3 is 2.76 bits per heavy atom. The van der Waals surface area contributed by atoms with E-state index in [-0.39, 0.29) is 5.54 Å². The lowest BCUT2D eigenvalue weighted by Crippen LogP contribution is -2.60. The van der Waals surface area contributed by atoms with Gasteiger partial charge in [-0.2, -0.15) is 0 Å². The lowest BCUT2D eigenvalue weighted by atomic mass is 9.67. The van der Waals surface area contributed by atoms with E-state index >= 15 is 0 Å². The Labute approximate surface area is 150 Å². The second kappa shape index (κ2) is 7.19. The average molecular weight is 336 g/mol. The summed E-state index contributed by atoms with van der Waals surface area (Å²) in [5.74, 6) is 1.71. The van der Waals surface area contributed by atoms with Gasteiger partial charge in [-0.25, -0.2) is 0 Å². The first kappa shape index (κ1) is 16.6. The molecule has 1 aliphatic carbocycles. The lowest BCUT2D eigenvalue weighted by Gasteiger charge is -2.50. The van der Waals surface area contributed by atoms with Gasteiger partial charge in [0, 0.05) is 30.2 Å². The number of methoxy groups -OCH3 is 1. The standard InChI is InChI=1S/C22H28N2O/c1-25-21-12-6-5-8-18(21)15-23-20-16-24-22(13-7-9-17(20)14-22)19-10-3-2-4-11-19/h2-6,8,10-12,17,20,23-24H,7,9,13-16H2,1H3. The fourth-order valence-corrected chi connectivity index (χ4v) is 4.74. The zero-order chi connectivity index (χ0) is 17.1. The Hall–Kier alpha value is -1.84. The molecule has 4 rings (SSSR count). The van der Waals surface area contributed by atoms with E-state index in [2.05, 4.69) is 53.1 Å². The molecule has 3 atom stereocenters. The molecule has 3 nitrogen and oxygen atoms in total. The zero-order valence-corrected chi connectivity index (χ0v) is 15.0. The number of para-hydroxylation sites is 1. The molecule has 2 aromatic carbocycles. The van der Waals surface area contributed by atoms with Crippen molar-refractivity contribution >= 4 is 0 Å². The first-order valence-corrected chi connectivity index (χ1v) is 9.46. The van der Waals surface area contributed by atoms with Crippen LogP contribution in [-0.2, 0) is 12.1 Å². The first-order valence-electron chi connectivity index (χ1n) is 9.46. The minimum atomic E-state index is 0.187. The van der Waals surface area contributed by atoms with Crippen molar-refractivity contribution in [3.05, 3.63) is 65.7 Å². The molecule has 1 heterocycles. The SMILES string of the molecule is COc1ccccc1CNC1CNC2(c3ccccc3)CCCC1C2. The maximum atomic E-state index is 5.48. The highest BCUT2D eigenvalue weighted by molar-refractivity contribution is 5.33. The van der Waals surface area contributed by atoms with Crippen LogP contribution in [0.4, 0.5) is 0 Å². The van der Waals surface area contributed by atoms with Gasteiger partial charge in [-0.05, 0) is 36.8 Å². The number of piperidine rings is 1. The van der Waals surface area contributed by atoms with E-state index in [9.17, 15) is 0 Å². The third-order valence-corrected chi connectivity index (χ3v) is 6.09. The summed E-state index contributed by atoms with van der Waals surface area (Å²) in [6, 6.07) is 19.9. The molecule has 2 aliphatic rings. The van der Waals surface area contributed by atoms with Gasteiger partial charge in [-0.15, -0.1) is 0 Å². The lowest BCUT2D eigenvalue weighted by molar-refractivity contribution is 0.0951. The molecule has 2 fully saturated rings. The van der Waals surface area contributed by atoms with E-state index in [1.54, 1.807) is 7.11 Å². The van der Waals surface area contributed by atoms with Crippen LogP contribution in [0.3, 0.4) is 0 Å². The van der Waals surface area contributed by atoms with Crippen molar-refractivity contribution in [2.45, 2.75) is 43.8 Å². The van der Waals surface area contributed by atoms with Gasteiger partial charge in [-0.3, -0.25) is 0 Å². The van der Waals surface area contributed by atoms with Gasteiger partial charge in [0.25, 0.3) is 0 Å². The molecule has 1 saturated carbocycles. The summed E-state index contributed by atoms with van der Waals surface area (Å²) in [5, 5.41) is 7.70. The van der Waals surface area contributed by atoms with Crippen LogP contribution in [0.15, 0.2) is 54.6 Å². The van der Waals surface area contributed by atoms with Gasteiger partial charge in [0.1, 0.15) is 5.75 Å². The van der Waals surface area contributed by atoms with Crippen LogP contribution in [0.1, 0.15) is 36.8 Å². The largest absolute Gasteiger partial charge is 0.496 e. The quantitative estimate of drug-likeness (QED) is 0.870. The third-order valence-electron chi connectivity index (χ3n) is 6.09. The van der Waals surface area contributed by atoms with Crippen LogP contribution in [0.2, 0.25) is 0 Å². The summed E-state index contributed by atoms with van der Waals surface area (Å²) >= 11 is 0. The van der Waals surface area contributed by atoms with E-state index in [1.807, 2.05) is 12.1 Å². The van der Waals surface area contributed by atoms with E-state index < -0.39 is 0 Å². The predicted molar refractivity (Wildman–Crippen MR) is 102 cm³/mol. The average Bonchev–Trinajstić information content (AvgIpc) is 2.68. The molecule has 0 radical (unpaired) electrons. The Bertz CT molecular complexity index is 702. The highest BCUT2D eigenvalue weighted by atomic mass is 16.5. The summed E-state index contributed by atoms with van der Waals surface area (Å²) in [6.45, 7) is 1.90. The molecule has 3 heteroatoms. The van der Waals surface area contributed by atoms with Crippen LogP contribution >= 0.6 is 0 Å². The van der Waals surface area contributed by atoms with Crippen molar-refractivity contribution in [2.75, 3.05) is 13.7 Å². The molecule has 0 spiro atoms. The summed E-state index contributed by atoms with van der Waals surface area (Å²) in [6.07, 6.45) is 5.13. The Morgan fingerprint density at radius 1 is 1.12 bits per heavy atom. The highest BCUT2D eigenvalue weighted by Crippen LogP contribution is 2.43. The highest BCUT2D eigenvalue weighted by Gasteiger charge is 2.44. The van der Waals surface area contributed by atoms with Gasteiger partial charge in [-0.1, -0.05) is 55.0 Å². The molecule has 2 aromatic rings. The number of benzene rings is 2. The molecule has 2 bridgehead atoms. The molecule has 0 amide bonds. The van der Waals surface area contributed by atoms with Gasteiger partial charge in [0.15, 0.2) is 0 Å². The van der Waals surface area contributed by atoms with Crippen molar-refractivity contribution in [3.63, 3.8) is 0 Å². The third kappa shape index (κ3) is 3.31. The number of hydrogen-bond donors (Lipinski definition) is 2. The van der Waals surface area contributed by atoms with Gasteiger partial charge in [0.05, 0.1) is 7.11 Å². The first-order chi connectivity index (χ1) is 12.3. The summed E-state index contributed by atoms with van der Waals surface area (Å²) in [5.41, 5.74) is 2.89. The van der Waals surface area contributed by atoms with Crippen molar-refractivity contribution < 1.29 is 4.74 Å². The zero-order valence-electron chi connectivity index (χ0n) is 15.0. The predicted octanol–water partition coefficient (Wildman–Crippen LogP) is 3.84. The Morgan fingerprint density at radius 2 is 1.92 bits per heavy atom. The molecule has 132 valence electrons. The fourth-order valence-electron chi connectivity index (χ4n) is 4.74. The van der Waals surface area contributed by atoms with Crippen LogP contribution in [0, 0.1) is 5.92 Å². The van der Waals surface area contributed by atoms with Crippen LogP contribution in [0.25, 0.3) is 0 Å². The number of hydrogen-bond acceptors (Lipinski definition) is 3. The normalized spacial score (nSPS) is 28.5. The number of nitrogens with one attached hydrogen (secondary N) is 2. The van der Waals surface area contributed by atoms with E-state index in [4.69, 9.17) is 4.74 Å². The topological polar surface area (TPSA) is 33.3 Å². The Kier molecular flexibility index (Phi) is 4.78. The number of rotatable bonds is 5. The summed E-state index contributed by atoms with van der Waals surface area (Å²) < 4.78 is 5.48. The molecule has 0 aromatic heterocycles. The fraction of sp³-hybridized carbons (Fsp3) is 0.455. The van der Waals surface area contributed by atoms with E-state index in [1.165, 1.54) is 36.8 Å². The molecule has 3 unspecified atom stereocenters. The Balaban J connectivity index is 1.45. The minimum Gasteiger partial charge on any atom is -0.496 e. The minimum absolute atomic E-state index is 0.187. The second-order valence-corrected chi connectivity index (χ2v) is 7.48. The van der Waals surface area contributed by atoms with Gasteiger partial charge >= 0.3 is 0 Å². The molecule has 1 aliphatic heterocycles. The second-order valence-electron chi connectivity index (χ2n) is 7.48. The van der Waals surface area contributed by atoms with Crippen LogP contribution < -0.4 is 15.4 Å². The molecular weight excluding hydrogens is 308 g/mol. The van der Waals surface area contributed by atoms with Crippen molar-refractivity contribution in [1.29, 1.82) is 0 Å². The van der Waals surface area contributed by atoms with Crippen LogP contribution in [0.5, 0.6) is 5.75 Å². The number of fused-ring (bicyclic) bond motifs is 2. The van der Waals surface area contributed by atoms with Crippen molar-refractivity contribution in [3.8, 4) is 5.75 Å². The van der Waals surface area contributed by atoms with E-state index in [0.29, 0.717) is 6.04 Å². The van der Waals surface area contributed by atoms with Gasteiger partial charge < -0.3 is 15.4 Å². The smallest absolute Gasteiger partial charge is 0.123 e. The number of ether oxygens (including phenoxy) is 1. The molecule has 25 heavy (non-hydrogen) atoms. The monoisotopic (exact) mass is 336 g/mol. The van der Waals surface area contributed by atoms with E-state index in [0.717, 1.165) is 24.8 Å². The maximum Gasteiger partial charge on any atom is 0.123 e. The summed E-state index contributed by atoms with van der Waals surface area (Å²) in [4.78, 5) is 0. The molecule has 2 N–H and O–H groups in total.